The summed E-state index contributed by atoms with van der Waals surface area (Å²) >= 11 is 1.93. The van der Waals surface area contributed by atoms with Gasteiger partial charge in [-0.2, -0.15) is 0 Å². The summed E-state index contributed by atoms with van der Waals surface area (Å²) in [5, 5.41) is 0. The molecule has 4 rings (SSSR count). The first-order chi connectivity index (χ1) is 12.2. The molecule has 2 aromatic rings. The molecule has 4 heterocycles. The van der Waals surface area contributed by atoms with Crippen molar-refractivity contribution in [2.45, 2.75) is 58.0 Å². The molecule has 2 aliphatic rings. The summed E-state index contributed by atoms with van der Waals surface area (Å²) in [6.45, 7) is 9.63. The number of aryl methyl sites for hydroxylation is 2. The molecule has 0 bridgehead atoms. The van der Waals surface area contributed by atoms with Crippen LogP contribution in [0.3, 0.4) is 0 Å². The lowest BCUT2D eigenvalue weighted by atomic mass is 9.97. The largest absolute Gasteiger partial charge is 0.381 e. The van der Waals surface area contributed by atoms with Crippen LogP contribution in [0.25, 0.3) is 0 Å². The lowest BCUT2D eigenvalue weighted by Gasteiger charge is -2.35. The van der Waals surface area contributed by atoms with Gasteiger partial charge in [0.15, 0.2) is 0 Å². The van der Waals surface area contributed by atoms with Crippen molar-refractivity contribution in [2.24, 2.45) is 0 Å². The fraction of sp³-hybridized carbons (Fsp3) is 0.650. The van der Waals surface area contributed by atoms with E-state index in [1.165, 1.54) is 40.7 Å². The number of hydrogen-bond donors (Lipinski definition) is 0. The minimum atomic E-state index is 0.565. The predicted molar refractivity (Wildman–Crippen MR) is 102 cm³/mol. The molecule has 2 saturated heterocycles. The van der Waals surface area contributed by atoms with E-state index in [2.05, 4.69) is 41.6 Å². The van der Waals surface area contributed by atoms with E-state index in [0.717, 1.165) is 39.1 Å². The highest BCUT2D eigenvalue weighted by molar-refractivity contribution is 7.11. The lowest BCUT2D eigenvalue weighted by Crippen LogP contribution is -2.37. The second kappa shape index (κ2) is 7.60. The Hall–Kier alpha value is -1.17. The Balaban J connectivity index is 1.50. The summed E-state index contributed by atoms with van der Waals surface area (Å²) in [6, 6.07) is 5.10. The van der Waals surface area contributed by atoms with Crippen LogP contribution in [0.1, 0.15) is 58.9 Å². The molecule has 0 aliphatic carbocycles. The SMILES string of the molecule is Cc1ccc(CN2CCCC(n3c(C)cnc3C3CCOCC3)C2)s1. The number of thiophene rings is 1. The molecule has 2 aromatic heterocycles. The summed E-state index contributed by atoms with van der Waals surface area (Å²) in [5.41, 5.74) is 1.32. The zero-order valence-electron chi connectivity index (χ0n) is 15.4. The quantitative estimate of drug-likeness (QED) is 0.816. The Kier molecular flexibility index (Phi) is 5.25. The van der Waals surface area contributed by atoms with Gasteiger partial charge in [0.1, 0.15) is 5.82 Å². The van der Waals surface area contributed by atoms with Gasteiger partial charge in [0.2, 0.25) is 0 Å². The molecule has 0 saturated carbocycles. The minimum absolute atomic E-state index is 0.565. The zero-order valence-corrected chi connectivity index (χ0v) is 16.2. The van der Waals surface area contributed by atoms with E-state index in [-0.39, 0.29) is 0 Å². The highest BCUT2D eigenvalue weighted by atomic mass is 32.1. The molecule has 25 heavy (non-hydrogen) atoms. The molecular weight excluding hydrogens is 330 g/mol. The van der Waals surface area contributed by atoms with Gasteiger partial charge in [-0.1, -0.05) is 0 Å². The second-order valence-electron chi connectivity index (χ2n) is 7.56. The maximum Gasteiger partial charge on any atom is 0.112 e. The number of rotatable bonds is 4. The van der Waals surface area contributed by atoms with E-state index >= 15 is 0 Å². The molecule has 5 heteroatoms. The fourth-order valence-corrected chi connectivity index (χ4v) is 5.31. The van der Waals surface area contributed by atoms with Gasteiger partial charge >= 0.3 is 0 Å². The van der Waals surface area contributed by atoms with Crippen molar-refractivity contribution >= 4 is 11.3 Å². The Morgan fingerprint density at radius 1 is 1.20 bits per heavy atom. The summed E-state index contributed by atoms with van der Waals surface area (Å²) < 4.78 is 8.11. The Morgan fingerprint density at radius 3 is 2.80 bits per heavy atom. The van der Waals surface area contributed by atoms with E-state index in [4.69, 9.17) is 9.72 Å². The van der Waals surface area contributed by atoms with Gasteiger partial charge in [-0.15, -0.1) is 11.3 Å². The minimum Gasteiger partial charge on any atom is -0.381 e. The molecule has 0 aromatic carbocycles. The third-order valence-corrected chi connectivity index (χ3v) is 6.60. The average Bonchev–Trinajstić information content (AvgIpc) is 3.21. The molecule has 0 amide bonds. The zero-order chi connectivity index (χ0) is 17.2. The van der Waals surface area contributed by atoms with Crippen molar-refractivity contribution in [3.8, 4) is 0 Å². The number of aromatic nitrogens is 2. The summed E-state index contributed by atoms with van der Waals surface area (Å²) in [7, 11) is 0. The number of nitrogens with zero attached hydrogens (tertiary/aromatic N) is 3. The standard InChI is InChI=1S/C20H29N3OS/c1-15-12-21-20(17-7-10-24-11-8-17)23(15)18-4-3-9-22(13-18)14-19-6-5-16(2)25-19/h5-6,12,17-18H,3-4,7-11,13-14H2,1-2H3. The molecule has 0 N–H and O–H groups in total. The third-order valence-electron chi connectivity index (χ3n) is 5.62. The molecule has 2 aliphatic heterocycles. The van der Waals surface area contributed by atoms with E-state index in [1.54, 1.807) is 0 Å². The smallest absolute Gasteiger partial charge is 0.112 e. The van der Waals surface area contributed by atoms with Crippen LogP contribution in [-0.4, -0.2) is 40.8 Å². The van der Waals surface area contributed by atoms with Gasteiger partial charge in [0, 0.05) is 59.9 Å². The Labute approximate surface area is 154 Å². The van der Waals surface area contributed by atoms with Crippen molar-refractivity contribution in [2.75, 3.05) is 26.3 Å². The van der Waals surface area contributed by atoms with E-state index in [0.29, 0.717) is 12.0 Å². The van der Waals surface area contributed by atoms with E-state index in [1.807, 2.05) is 11.3 Å². The molecule has 0 radical (unpaired) electrons. The van der Waals surface area contributed by atoms with Gasteiger partial charge in [0.25, 0.3) is 0 Å². The normalized spacial score (nSPS) is 23.2. The first kappa shape index (κ1) is 17.3. The molecule has 136 valence electrons. The van der Waals surface area contributed by atoms with Crippen molar-refractivity contribution in [1.82, 2.24) is 14.5 Å². The maximum absolute atomic E-state index is 5.55. The van der Waals surface area contributed by atoms with Crippen LogP contribution in [0.4, 0.5) is 0 Å². The molecule has 4 nitrogen and oxygen atoms in total. The third kappa shape index (κ3) is 3.83. The topological polar surface area (TPSA) is 30.3 Å². The number of ether oxygens (including phenoxy) is 1. The van der Waals surface area contributed by atoms with Crippen LogP contribution < -0.4 is 0 Å². The van der Waals surface area contributed by atoms with E-state index in [9.17, 15) is 0 Å². The molecule has 2 fully saturated rings. The number of likely N-dealkylation sites (tertiary alicyclic amines) is 1. The maximum atomic E-state index is 5.55. The van der Waals surface area contributed by atoms with Crippen molar-refractivity contribution in [3.05, 3.63) is 39.6 Å². The predicted octanol–water partition coefficient (Wildman–Crippen LogP) is 4.29. The Bertz CT molecular complexity index is 702. The second-order valence-corrected chi connectivity index (χ2v) is 8.93. The number of imidazole rings is 1. The van der Waals surface area contributed by atoms with Crippen LogP contribution in [0.15, 0.2) is 18.3 Å². The first-order valence-electron chi connectivity index (χ1n) is 9.60. The Morgan fingerprint density at radius 2 is 2.04 bits per heavy atom. The lowest BCUT2D eigenvalue weighted by molar-refractivity contribution is 0.0812. The summed E-state index contributed by atoms with van der Waals surface area (Å²) in [6.07, 6.45) is 6.85. The molecular formula is C20H29N3OS. The van der Waals surface area contributed by atoms with Gasteiger partial charge in [-0.05, 0) is 58.2 Å². The summed E-state index contributed by atoms with van der Waals surface area (Å²) in [5.74, 6) is 1.87. The van der Waals surface area contributed by atoms with Crippen molar-refractivity contribution in [1.29, 1.82) is 0 Å². The highest BCUT2D eigenvalue weighted by Gasteiger charge is 2.28. The van der Waals surface area contributed by atoms with Crippen molar-refractivity contribution in [3.63, 3.8) is 0 Å². The van der Waals surface area contributed by atoms with Crippen LogP contribution in [0.5, 0.6) is 0 Å². The van der Waals surface area contributed by atoms with E-state index < -0.39 is 0 Å². The van der Waals surface area contributed by atoms with Crippen LogP contribution in [0.2, 0.25) is 0 Å². The van der Waals surface area contributed by atoms with Gasteiger partial charge in [0.05, 0.1) is 0 Å². The number of hydrogen-bond acceptors (Lipinski definition) is 4. The van der Waals surface area contributed by atoms with Crippen LogP contribution in [0, 0.1) is 13.8 Å². The summed E-state index contributed by atoms with van der Waals surface area (Å²) in [4.78, 5) is 10.4. The fourth-order valence-electron chi connectivity index (χ4n) is 4.37. The molecule has 1 unspecified atom stereocenters. The van der Waals surface area contributed by atoms with Gasteiger partial charge < -0.3 is 9.30 Å². The molecule has 0 spiro atoms. The first-order valence-corrected chi connectivity index (χ1v) is 10.4. The molecule has 1 atom stereocenters. The number of piperidine rings is 1. The monoisotopic (exact) mass is 359 g/mol. The average molecular weight is 360 g/mol. The van der Waals surface area contributed by atoms with Crippen molar-refractivity contribution < 1.29 is 4.74 Å². The van der Waals surface area contributed by atoms with Gasteiger partial charge in [-0.3, -0.25) is 4.90 Å². The highest BCUT2D eigenvalue weighted by Crippen LogP contribution is 2.32. The van der Waals surface area contributed by atoms with Gasteiger partial charge in [-0.25, -0.2) is 4.98 Å². The van der Waals surface area contributed by atoms with Crippen LogP contribution >= 0.6 is 11.3 Å². The van der Waals surface area contributed by atoms with Crippen LogP contribution in [-0.2, 0) is 11.3 Å².